The molecule has 2 heterocycles. The van der Waals surface area contributed by atoms with Crippen molar-refractivity contribution in [2.45, 2.75) is 57.9 Å². The number of aromatic nitrogens is 2. The maximum atomic E-state index is 12.8. The van der Waals surface area contributed by atoms with E-state index >= 15 is 0 Å². The molecule has 4 nitrogen and oxygen atoms in total. The molecule has 1 saturated carbocycles. The number of nitrogens with one attached hydrogen (secondary N) is 1. The summed E-state index contributed by atoms with van der Waals surface area (Å²) in [5.41, 5.74) is 2.23. The average Bonchev–Trinajstić information content (AvgIpc) is 2.67. The second kappa shape index (κ2) is 6.69. The van der Waals surface area contributed by atoms with Crippen LogP contribution in [0.15, 0.2) is 18.3 Å². The van der Waals surface area contributed by atoms with E-state index in [9.17, 15) is 4.79 Å². The molecule has 1 N–H and O–H groups in total. The lowest BCUT2D eigenvalue weighted by Gasteiger charge is -2.16. The summed E-state index contributed by atoms with van der Waals surface area (Å²) in [6, 6.07) is 3.93. The first-order valence-corrected chi connectivity index (χ1v) is 8.54. The standard InChI is InChI=1S/C17H22ClN3O/c1-2-14-16(21-11-12(18)9-10-15(21)20-14)17(22)19-13-7-5-3-4-6-8-13/h9-11,13H,2-8H2,1H3,(H,19,22). The van der Waals surface area contributed by atoms with E-state index in [1.807, 2.05) is 17.4 Å². The van der Waals surface area contributed by atoms with Crippen LogP contribution in [0.25, 0.3) is 5.65 Å². The monoisotopic (exact) mass is 319 g/mol. The Morgan fingerprint density at radius 2 is 2.05 bits per heavy atom. The number of carbonyl (C=O) groups is 1. The first-order chi connectivity index (χ1) is 10.7. The highest BCUT2D eigenvalue weighted by Crippen LogP contribution is 2.20. The smallest absolute Gasteiger partial charge is 0.270 e. The van der Waals surface area contributed by atoms with Crippen LogP contribution in [-0.4, -0.2) is 21.3 Å². The van der Waals surface area contributed by atoms with E-state index in [0.717, 1.165) is 30.6 Å². The number of hydrogen-bond donors (Lipinski definition) is 1. The van der Waals surface area contributed by atoms with Gasteiger partial charge in [0, 0.05) is 12.2 Å². The number of pyridine rings is 1. The first kappa shape index (κ1) is 15.3. The number of amides is 1. The highest BCUT2D eigenvalue weighted by Gasteiger charge is 2.21. The van der Waals surface area contributed by atoms with E-state index in [2.05, 4.69) is 10.3 Å². The molecule has 0 saturated heterocycles. The van der Waals surface area contributed by atoms with Gasteiger partial charge in [-0.05, 0) is 31.4 Å². The van der Waals surface area contributed by atoms with Crippen LogP contribution in [-0.2, 0) is 6.42 Å². The number of hydrogen-bond acceptors (Lipinski definition) is 2. The SMILES string of the molecule is CCc1nc2ccc(Cl)cn2c1C(=O)NC1CCCCCC1. The van der Waals surface area contributed by atoms with Crippen LogP contribution < -0.4 is 5.32 Å². The fraction of sp³-hybridized carbons (Fsp3) is 0.529. The Bertz CT molecular complexity index is 672. The van der Waals surface area contributed by atoms with Gasteiger partial charge in [0.15, 0.2) is 0 Å². The summed E-state index contributed by atoms with van der Waals surface area (Å²) >= 11 is 6.08. The van der Waals surface area contributed by atoms with Crippen LogP contribution in [0.3, 0.4) is 0 Å². The number of fused-ring (bicyclic) bond motifs is 1. The van der Waals surface area contributed by atoms with Gasteiger partial charge in [-0.2, -0.15) is 0 Å². The van der Waals surface area contributed by atoms with E-state index < -0.39 is 0 Å². The van der Waals surface area contributed by atoms with Crippen molar-refractivity contribution < 1.29 is 4.79 Å². The molecule has 3 rings (SSSR count). The van der Waals surface area contributed by atoms with E-state index in [1.54, 1.807) is 12.3 Å². The third kappa shape index (κ3) is 3.12. The summed E-state index contributed by atoms with van der Waals surface area (Å²) in [6.07, 6.45) is 9.60. The van der Waals surface area contributed by atoms with Crippen LogP contribution in [0.5, 0.6) is 0 Å². The van der Waals surface area contributed by atoms with Crippen LogP contribution in [0.1, 0.15) is 61.6 Å². The van der Waals surface area contributed by atoms with Crippen molar-refractivity contribution in [2.75, 3.05) is 0 Å². The minimum atomic E-state index is -0.0292. The quantitative estimate of drug-likeness (QED) is 0.869. The highest BCUT2D eigenvalue weighted by molar-refractivity contribution is 6.30. The summed E-state index contributed by atoms with van der Waals surface area (Å²) in [4.78, 5) is 17.3. The van der Waals surface area contributed by atoms with Gasteiger partial charge in [-0.25, -0.2) is 4.98 Å². The van der Waals surface area contributed by atoms with Gasteiger partial charge in [0.1, 0.15) is 11.3 Å². The molecule has 0 bridgehead atoms. The lowest BCUT2D eigenvalue weighted by Crippen LogP contribution is -2.35. The molecule has 1 aliphatic rings. The van der Waals surface area contributed by atoms with Gasteiger partial charge in [-0.3, -0.25) is 9.20 Å². The molecule has 1 aliphatic carbocycles. The molecular weight excluding hydrogens is 298 g/mol. The van der Waals surface area contributed by atoms with Gasteiger partial charge in [-0.1, -0.05) is 44.2 Å². The summed E-state index contributed by atoms with van der Waals surface area (Å²) in [5.74, 6) is -0.0292. The second-order valence-electron chi connectivity index (χ2n) is 6.00. The summed E-state index contributed by atoms with van der Waals surface area (Å²) in [7, 11) is 0. The predicted molar refractivity (Wildman–Crippen MR) is 88.5 cm³/mol. The Morgan fingerprint density at radius 1 is 1.32 bits per heavy atom. The van der Waals surface area contributed by atoms with Crippen molar-refractivity contribution in [2.24, 2.45) is 0 Å². The van der Waals surface area contributed by atoms with Gasteiger partial charge in [0.05, 0.1) is 10.7 Å². The van der Waals surface area contributed by atoms with Crippen molar-refractivity contribution in [3.05, 3.63) is 34.7 Å². The second-order valence-corrected chi connectivity index (χ2v) is 6.43. The van der Waals surface area contributed by atoms with E-state index in [1.165, 1.54) is 25.7 Å². The Labute approximate surface area is 135 Å². The third-order valence-corrected chi connectivity index (χ3v) is 4.62. The van der Waals surface area contributed by atoms with Crippen LogP contribution in [0.4, 0.5) is 0 Å². The Morgan fingerprint density at radius 3 is 2.73 bits per heavy atom. The Hall–Kier alpha value is -1.55. The first-order valence-electron chi connectivity index (χ1n) is 8.16. The number of nitrogens with zero attached hydrogens (tertiary/aromatic N) is 2. The molecule has 1 amide bonds. The van der Waals surface area contributed by atoms with Crippen LogP contribution >= 0.6 is 11.6 Å². The summed E-state index contributed by atoms with van der Waals surface area (Å²) < 4.78 is 1.81. The molecule has 0 aromatic carbocycles. The zero-order valence-corrected chi connectivity index (χ0v) is 13.7. The molecule has 0 aliphatic heterocycles. The zero-order valence-electron chi connectivity index (χ0n) is 12.9. The molecular formula is C17H22ClN3O. The van der Waals surface area contributed by atoms with Crippen LogP contribution in [0, 0.1) is 0 Å². The Kier molecular flexibility index (Phi) is 4.67. The Balaban J connectivity index is 1.90. The molecule has 2 aromatic heterocycles. The van der Waals surface area contributed by atoms with E-state index in [4.69, 9.17) is 11.6 Å². The predicted octanol–water partition coefficient (Wildman–Crippen LogP) is 4.00. The fourth-order valence-corrected chi connectivity index (χ4v) is 3.39. The van der Waals surface area contributed by atoms with Crippen molar-refractivity contribution in [1.29, 1.82) is 0 Å². The van der Waals surface area contributed by atoms with Gasteiger partial charge < -0.3 is 5.32 Å². The number of imidazole rings is 1. The molecule has 0 spiro atoms. The number of rotatable bonds is 3. The van der Waals surface area contributed by atoms with E-state index in [0.29, 0.717) is 10.7 Å². The molecule has 22 heavy (non-hydrogen) atoms. The summed E-state index contributed by atoms with van der Waals surface area (Å²) in [6.45, 7) is 2.02. The molecule has 0 atom stereocenters. The molecule has 2 aromatic rings. The van der Waals surface area contributed by atoms with Gasteiger partial charge in [0.2, 0.25) is 0 Å². The summed E-state index contributed by atoms with van der Waals surface area (Å²) in [5, 5.41) is 3.81. The lowest BCUT2D eigenvalue weighted by molar-refractivity contribution is 0.0926. The molecule has 0 radical (unpaired) electrons. The van der Waals surface area contributed by atoms with Gasteiger partial charge in [-0.15, -0.1) is 0 Å². The van der Waals surface area contributed by atoms with Crippen molar-refractivity contribution in [3.63, 3.8) is 0 Å². The normalized spacial score (nSPS) is 16.6. The number of aryl methyl sites for hydroxylation is 1. The van der Waals surface area contributed by atoms with E-state index in [-0.39, 0.29) is 11.9 Å². The average molecular weight is 320 g/mol. The number of halogens is 1. The van der Waals surface area contributed by atoms with Crippen LogP contribution in [0.2, 0.25) is 5.02 Å². The lowest BCUT2D eigenvalue weighted by atomic mass is 10.1. The van der Waals surface area contributed by atoms with Crippen molar-refractivity contribution in [3.8, 4) is 0 Å². The minimum Gasteiger partial charge on any atom is -0.348 e. The molecule has 5 heteroatoms. The van der Waals surface area contributed by atoms with Gasteiger partial charge in [0.25, 0.3) is 5.91 Å². The minimum absolute atomic E-state index is 0.0292. The maximum absolute atomic E-state index is 12.8. The number of carbonyl (C=O) groups excluding carboxylic acids is 1. The van der Waals surface area contributed by atoms with Crippen molar-refractivity contribution in [1.82, 2.24) is 14.7 Å². The highest BCUT2D eigenvalue weighted by atomic mass is 35.5. The van der Waals surface area contributed by atoms with Crippen molar-refractivity contribution >= 4 is 23.2 Å². The maximum Gasteiger partial charge on any atom is 0.270 e. The molecule has 0 unspecified atom stereocenters. The topological polar surface area (TPSA) is 46.4 Å². The van der Waals surface area contributed by atoms with Gasteiger partial charge >= 0.3 is 0 Å². The largest absolute Gasteiger partial charge is 0.348 e. The molecule has 1 fully saturated rings. The fourth-order valence-electron chi connectivity index (χ4n) is 3.23. The zero-order chi connectivity index (χ0) is 15.5. The molecule has 118 valence electrons. The third-order valence-electron chi connectivity index (χ3n) is 4.39.